The van der Waals surface area contributed by atoms with Gasteiger partial charge >= 0.3 is 21.1 Å². The van der Waals surface area contributed by atoms with Crippen LogP contribution in [0.4, 0.5) is 11.4 Å². The van der Waals surface area contributed by atoms with Gasteiger partial charge in [0.1, 0.15) is 0 Å². The number of fused-ring (bicyclic) bond motifs is 1. The van der Waals surface area contributed by atoms with Crippen LogP contribution < -0.4 is 9.64 Å². The SMILES string of the molecule is CC(C)c1cccc(C(C)C)c1-n1ccnc1-c1[c-]c(N2c3[c-]c(-c4nccn4-c4c(C(C)C)cccc4C(C)C)ccc3OC2(C)C)ccc1.[Pt+2]. The summed E-state index contributed by atoms with van der Waals surface area (Å²) in [5.74, 6) is 3.92. The second kappa shape index (κ2) is 14.5. The minimum absolute atomic E-state index is 0. The van der Waals surface area contributed by atoms with E-state index in [1.54, 1.807) is 0 Å². The predicted octanol–water partition coefficient (Wildman–Crippen LogP) is 11.8. The van der Waals surface area contributed by atoms with Gasteiger partial charge < -0.3 is 18.8 Å². The third-order valence-electron chi connectivity index (χ3n) is 9.96. The van der Waals surface area contributed by atoms with Crippen LogP contribution >= 0.6 is 0 Å². The maximum Gasteiger partial charge on any atom is 2.00 e. The molecule has 0 aliphatic carbocycles. The van der Waals surface area contributed by atoms with Crippen molar-refractivity contribution in [2.75, 3.05) is 4.90 Å². The van der Waals surface area contributed by atoms with Gasteiger partial charge in [-0.25, -0.2) is 0 Å². The van der Waals surface area contributed by atoms with E-state index in [4.69, 9.17) is 14.7 Å². The molecule has 6 aromatic rings. The van der Waals surface area contributed by atoms with Gasteiger partial charge in [-0.15, -0.1) is 53.6 Å². The van der Waals surface area contributed by atoms with Crippen molar-refractivity contribution in [1.29, 1.82) is 0 Å². The average molecular weight is 871 g/mol. The standard InChI is InChI=1S/C45H49N5O.Pt/c1-28(2)35-16-12-17-36(29(3)4)41(35)48-24-22-46-43(48)32-14-11-15-34(26-32)50-39-27-33(20-21-40(39)51-45(50,9)10)44-47-23-25-49(44)42-37(30(5)6)18-13-19-38(42)31(7)8;/h11-25,28-31H,1-10H3;/q-2;+2. The number of aromatic nitrogens is 4. The molecule has 0 saturated heterocycles. The molecule has 6 nitrogen and oxygen atoms in total. The number of anilines is 2. The molecule has 0 atom stereocenters. The van der Waals surface area contributed by atoms with Gasteiger partial charge in [0.2, 0.25) is 0 Å². The molecule has 0 unspecified atom stereocenters. The monoisotopic (exact) mass is 870 g/mol. The van der Waals surface area contributed by atoms with Gasteiger partial charge in [-0.3, -0.25) is 9.97 Å². The Balaban J connectivity index is 0.00000464. The number of hydrogen-bond acceptors (Lipinski definition) is 4. The van der Waals surface area contributed by atoms with Crippen LogP contribution in [-0.4, -0.2) is 24.8 Å². The first-order valence-corrected chi connectivity index (χ1v) is 18.3. The Kier molecular flexibility index (Phi) is 10.4. The second-order valence-electron chi connectivity index (χ2n) is 15.3. The molecule has 0 amide bonds. The molecular weight excluding hydrogens is 822 g/mol. The molecule has 0 fully saturated rings. The number of para-hydroxylation sites is 2. The Morgan fingerprint density at radius 2 is 1.02 bits per heavy atom. The Hall–Kier alpha value is -4.41. The van der Waals surface area contributed by atoms with Crippen LogP contribution in [0.2, 0.25) is 0 Å². The number of imidazole rings is 2. The van der Waals surface area contributed by atoms with Gasteiger partial charge in [0, 0.05) is 41.8 Å². The van der Waals surface area contributed by atoms with Crippen LogP contribution in [0.25, 0.3) is 34.2 Å². The largest absolute Gasteiger partial charge is 2.00 e. The Morgan fingerprint density at radius 1 is 0.577 bits per heavy atom. The van der Waals surface area contributed by atoms with E-state index in [0.29, 0.717) is 23.7 Å². The zero-order chi connectivity index (χ0) is 36.2. The summed E-state index contributed by atoms with van der Waals surface area (Å²) >= 11 is 0. The molecular formula is C45H49N5OPt. The van der Waals surface area contributed by atoms with E-state index in [1.807, 2.05) is 18.5 Å². The van der Waals surface area contributed by atoms with Crippen molar-refractivity contribution in [2.24, 2.45) is 0 Å². The Labute approximate surface area is 324 Å². The first-order chi connectivity index (χ1) is 24.4. The maximum atomic E-state index is 6.58. The van der Waals surface area contributed by atoms with Crippen molar-refractivity contribution < 1.29 is 25.8 Å². The number of ether oxygens (including phenoxy) is 1. The third-order valence-corrected chi connectivity index (χ3v) is 9.96. The fraction of sp³-hybridized carbons (Fsp3) is 0.333. The van der Waals surface area contributed by atoms with Crippen LogP contribution in [0.15, 0.2) is 91.5 Å². The molecule has 7 heteroatoms. The summed E-state index contributed by atoms with van der Waals surface area (Å²) in [4.78, 5) is 12.0. The fourth-order valence-electron chi connectivity index (χ4n) is 7.51. The maximum absolute atomic E-state index is 6.58. The van der Waals surface area contributed by atoms with Crippen molar-refractivity contribution in [1.82, 2.24) is 19.1 Å². The molecule has 4 aromatic carbocycles. The van der Waals surface area contributed by atoms with Gasteiger partial charge in [0.15, 0.2) is 5.72 Å². The smallest absolute Gasteiger partial charge is 0.512 e. The summed E-state index contributed by atoms with van der Waals surface area (Å²) in [5, 5.41) is 0. The van der Waals surface area contributed by atoms with Gasteiger partial charge in [-0.05, 0) is 65.5 Å². The Morgan fingerprint density at radius 3 is 1.48 bits per heavy atom. The average Bonchev–Trinajstić information content (AvgIpc) is 3.84. The first-order valence-electron chi connectivity index (χ1n) is 18.3. The molecule has 3 heterocycles. The van der Waals surface area contributed by atoms with Gasteiger partial charge in [-0.2, -0.15) is 0 Å². The molecule has 1 aliphatic heterocycles. The molecule has 1 aliphatic rings. The molecule has 0 N–H and O–H groups in total. The molecule has 0 bridgehead atoms. The number of benzene rings is 4. The van der Waals surface area contributed by atoms with Crippen molar-refractivity contribution in [3.8, 4) is 39.9 Å². The number of hydrogen-bond donors (Lipinski definition) is 0. The topological polar surface area (TPSA) is 48.1 Å². The number of nitrogens with zero attached hydrogens (tertiary/aromatic N) is 5. The van der Waals surface area contributed by atoms with Crippen LogP contribution in [0.5, 0.6) is 5.75 Å². The summed E-state index contributed by atoms with van der Waals surface area (Å²) in [6.45, 7) is 22.2. The van der Waals surface area contributed by atoms with Crippen LogP contribution in [0.1, 0.15) is 115 Å². The normalized spacial score (nSPS) is 13.6. The summed E-state index contributed by atoms with van der Waals surface area (Å²) in [5.41, 5.74) is 10.5. The molecule has 0 radical (unpaired) electrons. The molecule has 7 rings (SSSR count). The molecule has 2 aromatic heterocycles. The first kappa shape index (κ1) is 37.3. The molecule has 270 valence electrons. The van der Waals surface area contributed by atoms with Crippen LogP contribution in [0, 0.1) is 12.1 Å². The zero-order valence-electron chi connectivity index (χ0n) is 31.9. The second-order valence-corrected chi connectivity index (χ2v) is 15.3. The molecule has 0 saturated carbocycles. The minimum Gasteiger partial charge on any atom is -0.512 e. The van der Waals surface area contributed by atoms with E-state index in [2.05, 4.69) is 168 Å². The van der Waals surface area contributed by atoms with Crippen molar-refractivity contribution >= 4 is 11.4 Å². The summed E-state index contributed by atoms with van der Waals surface area (Å²) in [7, 11) is 0. The van der Waals surface area contributed by atoms with E-state index in [9.17, 15) is 0 Å². The van der Waals surface area contributed by atoms with E-state index in [-0.39, 0.29) is 21.1 Å². The zero-order valence-corrected chi connectivity index (χ0v) is 34.2. The molecule has 52 heavy (non-hydrogen) atoms. The van der Waals surface area contributed by atoms with E-state index >= 15 is 0 Å². The van der Waals surface area contributed by atoms with Crippen molar-refractivity contribution in [3.63, 3.8) is 0 Å². The van der Waals surface area contributed by atoms with E-state index in [0.717, 1.165) is 39.9 Å². The summed E-state index contributed by atoms with van der Waals surface area (Å²) in [6, 6.07) is 31.2. The van der Waals surface area contributed by atoms with Gasteiger partial charge in [0.25, 0.3) is 0 Å². The van der Waals surface area contributed by atoms with Crippen LogP contribution in [-0.2, 0) is 21.1 Å². The van der Waals surface area contributed by atoms with Crippen molar-refractivity contribution in [3.05, 3.63) is 126 Å². The summed E-state index contributed by atoms with van der Waals surface area (Å²) < 4.78 is 11.1. The Bertz CT molecular complexity index is 2150. The fourth-order valence-corrected chi connectivity index (χ4v) is 7.51. The quantitative estimate of drug-likeness (QED) is 0.136. The summed E-state index contributed by atoms with van der Waals surface area (Å²) in [6.07, 6.45) is 7.92. The van der Waals surface area contributed by atoms with Gasteiger partial charge in [-0.1, -0.05) is 91.8 Å². The predicted molar refractivity (Wildman–Crippen MR) is 209 cm³/mol. The minimum atomic E-state index is -0.679. The van der Waals surface area contributed by atoms with Gasteiger partial charge in [0.05, 0.1) is 17.4 Å². The van der Waals surface area contributed by atoms with Crippen molar-refractivity contribution in [2.45, 2.75) is 98.6 Å². The van der Waals surface area contributed by atoms with Crippen LogP contribution in [0.3, 0.4) is 0 Å². The number of rotatable bonds is 9. The van der Waals surface area contributed by atoms with E-state index < -0.39 is 5.72 Å². The van der Waals surface area contributed by atoms with E-state index in [1.165, 1.54) is 33.6 Å². The molecule has 0 spiro atoms. The third kappa shape index (κ3) is 6.55.